The molecule has 1 fully saturated rings. The third kappa shape index (κ3) is 2.43. The van der Waals surface area contributed by atoms with Crippen LogP contribution in [0.5, 0.6) is 0 Å². The maximum absolute atomic E-state index is 4.18. The summed E-state index contributed by atoms with van der Waals surface area (Å²) in [5.74, 6) is 4.26. The van der Waals surface area contributed by atoms with Crippen molar-refractivity contribution in [3.63, 3.8) is 0 Å². The lowest BCUT2D eigenvalue weighted by Gasteiger charge is -2.22. The first kappa shape index (κ1) is 10.8. The number of thioether (sulfide) groups is 1. The van der Waals surface area contributed by atoms with Crippen LogP contribution < -0.4 is 10.6 Å². The second-order valence-corrected chi connectivity index (χ2v) is 4.83. The molecular weight excluding hydrogens is 210 g/mol. The summed E-state index contributed by atoms with van der Waals surface area (Å²) < 4.78 is 2.01. The van der Waals surface area contributed by atoms with Crippen molar-refractivity contribution in [1.29, 1.82) is 0 Å². The molecule has 0 aromatic carbocycles. The van der Waals surface area contributed by atoms with Gasteiger partial charge in [-0.1, -0.05) is 0 Å². The quantitative estimate of drug-likeness (QED) is 0.767. The number of hydrogen-bond donors (Lipinski definition) is 2. The molecule has 2 N–H and O–H groups in total. The lowest BCUT2D eigenvalue weighted by Crippen LogP contribution is -2.39. The summed E-state index contributed by atoms with van der Waals surface area (Å²) in [5.41, 5.74) is 0. The van der Waals surface area contributed by atoms with Gasteiger partial charge in [-0.05, 0) is 0 Å². The van der Waals surface area contributed by atoms with E-state index in [1.165, 1.54) is 11.5 Å². The zero-order valence-corrected chi connectivity index (χ0v) is 9.97. The predicted molar refractivity (Wildman–Crippen MR) is 63.4 cm³/mol. The van der Waals surface area contributed by atoms with Crippen molar-refractivity contribution in [2.24, 2.45) is 7.05 Å². The van der Waals surface area contributed by atoms with Gasteiger partial charge in [0.2, 0.25) is 5.95 Å². The van der Waals surface area contributed by atoms with Crippen molar-refractivity contribution in [2.45, 2.75) is 12.5 Å². The molecule has 1 saturated heterocycles. The molecule has 1 aliphatic heterocycles. The van der Waals surface area contributed by atoms with Gasteiger partial charge in [0.05, 0.1) is 0 Å². The van der Waals surface area contributed by atoms with E-state index in [2.05, 4.69) is 20.8 Å². The zero-order valence-electron chi connectivity index (χ0n) is 9.16. The van der Waals surface area contributed by atoms with Crippen molar-refractivity contribution in [3.8, 4) is 0 Å². The Hall–Kier alpha value is -0.750. The summed E-state index contributed by atoms with van der Waals surface area (Å²) in [6.45, 7) is 1.10. The minimum atomic E-state index is 0.538. The fourth-order valence-electron chi connectivity index (χ4n) is 1.73. The van der Waals surface area contributed by atoms with Crippen LogP contribution in [0.3, 0.4) is 0 Å². The fraction of sp³-hybridized carbons (Fsp3) is 0.778. The van der Waals surface area contributed by atoms with Crippen molar-refractivity contribution in [3.05, 3.63) is 5.82 Å². The van der Waals surface area contributed by atoms with Gasteiger partial charge in [-0.2, -0.15) is 11.8 Å². The molecule has 0 amide bonds. The molecule has 2 rings (SSSR count). The highest BCUT2D eigenvalue weighted by Crippen LogP contribution is 2.12. The topological polar surface area (TPSA) is 54.8 Å². The molecule has 1 unspecified atom stereocenters. The Morgan fingerprint density at radius 1 is 1.60 bits per heavy atom. The predicted octanol–water partition coefficient (Wildman–Crippen LogP) is 0.104. The number of rotatable bonds is 3. The summed E-state index contributed by atoms with van der Waals surface area (Å²) >= 11 is 2.01. The Morgan fingerprint density at radius 2 is 2.47 bits per heavy atom. The first-order valence-electron chi connectivity index (χ1n) is 5.18. The number of nitrogens with one attached hydrogen (secondary N) is 2. The number of hydrogen-bond acceptors (Lipinski definition) is 5. The van der Waals surface area contributed by atoms with Gasteiger partial charge < -0.3 is 15.2 Å². The third-order valence-electron chi connectivity index (χ3n) is 2.62. The Labute approximate surface area is 94.0 Å². The van der Waals surface area contributed by atoms with Crippen molar-refractivity contribution >= 4 is 17.7 Å². The third-order valence-corrected chi connectivity index (χ3v) is 3.75. The monoisotopic (exact) mass is 227 g/mol. The Bertz CT molecular complexity index is 318. The van der Waals surface area contributed by atoms with Gasteiger partial charge in [0.15, 0.2) is 0 Å². The molecule has 1 aromatic heterocycles. The van der Waals surface area contributed by atoms with E-state index in [1.807, 2.05) is 30.4 Å². The molecule has 0 bridgehead atoms. The molecule has 0 aliphatic carbocycles. The first-order valence-corrected chi connectivity index (χ1v) is 6.34. The van der Waals surface area contributed by atoms with E-state index < -0.39 is 0 Å². The SMILES string of the molecule is CNc1nnc(CC2CSCCN2)n1C. The highest BCUT2D eigenvalue weighted by molar-refractivity contribution is 7.99. The van der Waals surface area contributed by atoms with Gasteiger partial charge >= 0.3 is 0 Å². The van der Waals surface area contributed by atoms with E-state index in [1.54, 1.807) is 0 Å². The molecule has 0 saturated carbocycles. The van der Waals surface area contributed by atoms with Crippen LogP contribution in [0.4, 0.5) is 5.95 Å². The molecule has 2 heterocycles. The highest BCUT2D eigenvalue weighted by Gasteiger charge is 2.17. The number of anilines is 1. The molecular formula is C9H17N5S. The molecule has 0 spiro atoms. The van der Waals surface area contributed by atoms with Crippen LogP contribution in [0.25, 0.3) is 0 Å². The van der Waals surface area contributed by atoms with Gasteiger partial charge in [0, 0.05) is 44.6 Å². The van der Waals surface area contributed by atoms with Crippen molar-refractivity contribution in [2.75, 3.05) is 30.4 Å². The molecule has 1 atom stereocenters. The minimum absolute atomic E-state index is 0.538. The van der Waals surface area contributed by atoms with E-state index in [-0.39, 0.29) is 0 Å². The molecule has 6 heteroatoms. The molecule has 1 aromatic rings. The van der Waals surface area contributed by atoms with Crippen LogP contribution in [0.15, 0.2) is 0 Å². The molecule has 5 nitrogen and oxygen atoms in total. The lowest BCUT2D eigenvalue weighted by molar-refractivity contribution is 0.541. The molecule has 84 valence electrons. The van der Waals surface area contributed by atoms with Crippen LogP contribution in [0.1, 0.15) is 5.82 Å². The summed E-state index contributed by atoms with van der Waals surface area (Å²) in [4.78, 5) is 0. The summed E-state index contributed by atoms with van der Waals surface area (Å²) in [7, 11) is 3.86. The zero-order chi connectivity index (χ0) is 10.7. The maximum atomic E-state index is 4.18. The van der Waals surface area contributed by atoms with E-state index in [4.69, 9.17) is 0 Å². The minimum Gasteiger partial charge on any atom is -0.357 e. The van der Waals surface area contributed by atoms with E-state index in [9.17, 15) is 0 Å². The highest BCUT2D eigenvalue weighted by atomic mass is 32.2. The molecule has 15 heavy (non-hydrogen) atoms. The maximum Gasteiger partial charge on any atom is 0.224 e. The molecule has 1 aliphatic rings. The van der Waals surface area contributed by atoms with Crippen LogP contribution in [0, 0.1) is 0 Å². The van der Waals surface area contributed by atoms with E-state index >= 15 is 0 Å². The van der Waals surface area contributed by atoms with Crippen LogP contribution in [-0.2, 0) is 13.5 Å². The summed E-state index contributed by atoms with van der Waals surface area (Å²) in [6.07, 6.45) is 0.957. The first-order chi connectivity index (χ1) is 7.31. The average Bonchev–Trinajstić information content (AvgIpc) is 2.62. The second kappa shape index (κ2) is 4.85. The summed E-state index contributed by atoms with van der Waals surface area (Å²) in [5, 5.41) is 14.8. The normalized spacial score (nSPS) is 21.6. The van der Waals surface area contributed by atoms with E-state index in [0.29, 0.717) is 6.04 Å². The smallest absolute Gasteiger partial charge is 0.224 e. The summed E-state index contributed by atoms with van der Waals surface area (Å²) in [6, 6.07) is 0.538. The van der Waals surface area contributed by atoms with Gasteiger partial charge in [-0.25, -0.2) is 0 Å². The van der Waals surface area contributed by atoms with Crippen LogP contribution in [-0.4, -0.2) is 45.9 Å². The van der Waals surface area contributed by atoms with Gasteiger partial charge in [-0.15, -0.1) is 10.2 Å². The van der Waals surface area contributed by atoms with Gasteiger partial charge in [-0.3, -0.25) is 0 Å². The number of nitrogens with zero attached hydrogens (tertiary/aromatic N) is 3. The van der Waals surface area contributed by atoms with Gasteiger partial charge in [0.1, 0.15) is 5.82 Å². The van der Waals surface area contributed by atoms with Crippen molar-refractivity contribution < 1.29 is 0 Å². The van der Waals surface area contributed by atoms with E-state index in [0.717, 1.165) is 24.7 Å². The second-order valence-electron chi connectivity index (χ2n) is 3.68. The molecule has 0 radical (unpaired) electrons. The Morgan fingerprint density at radius 3 is 3.07 bits per heavy atom. The average molecular weight is 227 g/mol. The fourth-order valence-corrected chi connectivity index (χ4v) is 2.68. The standard InChI is InChI=1S/C9H17N5S/c1-10-9-13-12-8(14(9)2)5-7-6-15-4-3-11-7/h7,11H,3-6H2,1-2H3,(H,10,13). The van der Waals surface area contributed by atoms with Crippen LogP contribution >= 0.6 is 11.8 Å². The van der Waals surface area contributed by atoms with Gasteiger partial charge in [0.25, 0.3) is 0 Å². The Kier molecular flexibility index (Phi) is 3.48. The number of aromatic nitrogens is 3. The Balaban J connectivity index is 2.00. The van der Waals surface area contributed by atoms with Crippen molar-refractivity contribution in [1.82, 2.24) is 20.1 Å². The van der Waals surface area contributed by atoms with Crippen LogP contribution in [0.2, 0.25) is 0 Å². The largest absolute Gasteiger partial charge is 0.357 e. The lowest BCUT2D eigenvalue weighted by atomic mass is 10.2.